The predicted molar refractivity (Wildman–Crippen MR) is 101 cm³/mol. The zero-order chi connectivity index (χ0) is 17.3. The molecule has 4 heteroatoms. The van der Waals surface area contributed by atoms with Gasteiger partial charge in [-0.25, -0.2) is 4.79 Å². The highest BCUT2D eigenvalue weighted by Gasteiger charge is 2.38. The maximum atomic E-state index is 12.3. The van der Waals surface area contributed by atoms with Crippen LogP contribution in [0.1, 0.15) is 41.9 Å². The second kappa shape index (κ2) is 6.32. The van der Waals surface area contributed by atoms with E-state index < -0.39 is 21.7 Å². The molecule has 0 amide bonds. The maximum absolute atomic E-state index is 12.3. The van der Waals surface area contributed by atoms with Gasteiger partial charge in [0.05, 0.1) is 5.56 Å². The smallest absolute Gasteiger partial charge is 0.338 e. The van der Waals surface area contributed by atoms with Gasteiger partial charge in [-0.3, -0.25) is 0 Å². The van der Waals surface area contributed by atoms with Crippen molar-refractivity contribution in [3.8, 4) is 0 Å². The Morgan fingerprint density at radius 2 is 1.50 bits per heavy atom. The first-order valence-electron chi connectivity index (χ1n) is 8.05. The summed E-state index contributed by atoms with van der Waals surface area (Å²) >= 11 is 0. The van der Waals surface area contributed by atoms with E-state index >= 15 is 0 Å². The lowest BCUT2D eigenvalue weighted by atomic mass is 10.1. The van der Waals surface area contributed by atoms with Crippen molar-refractivity contribution in [1.82, 2.24) is 0 Å². The van der Waals surface area contributed by atoms with Crippen molar-refractivity contribution in [2.24, 2.45) is 0 Å². The Morgan fingerprint density at radius 3 is 1.91 bits per heavy atom. The summed E-state index contributed by atoms with van der Waals surface area (Å²) in [6.07, 6.45) is 0. The first-order valence-corrected chi connectivity index (χ1v) is 15.2. The third-order valence-corrected chi connectivity index (χ3v) is 12.9. The van der Waals surface area contributed by atoms with Crippen molar-refractivity contribution < 1.29 is 9.53 Å². The molecule has 0 heterocycles. The molecule has 124 valence electrons. The molecule has 0 aliphatic rings. The lowest BCUT2D eigenvalue weighted by Crippen LogP contribution is -2.46. The molecule has 1 aromatic rings. The highest BCUT2D eigenvalue weighted by molar-refractivity contribution is 6.96. The first-order chi connectivity index (χ1) is 9.72. The number of hydrogen-bond donors (Lipinski definition) is 0. The monoisotopic (exact) mass is 336 g/mol. The molecule has 0 unspecified atom stereocenters. The van der Waals surface area contributed by atoms with E-state index in [1.165, 1.54) is 5.56 Å². The Hall–Kier alpha value is -0.876. The molecule has 0 saturated carbocycles. The lowest BCUT2D eigenvalue weighted by molar-refractivity contribution is 0.00694. The summed E-state index contributed by atoms with van der Waals surface area (Å²) in [6, 6.07) is 8.12. The second-order valence-electron chi connectivity index (χ2n) is 9.29. The van der Waals surface area contributed by atoms with Crippen molar-refractivity contribution in [1.29, 1.82) is 0 Å². The second-order valence-corrected chi connectivity index (χ2v) is 20.5. The molecule has 0 saturated heterocycles. The molecule has 2 nitrogen and oxygen atoms in total. The van der Waals surface area contributed by atoms with Crippen LogP contribution in [-0.2, 0) is 4.74 Å². The fourth-order valence-corrected chi connectivity index (χ4v) is 16.2. The Labute approximate surface area is 138 Å². The van der Waals surface area contributed by atoms with E-state index in [0.29, 0.717) is 10.7 Å². The van der Waals surface area contributed by atoms with Crippen LogP contribution in [0.15, 0.2) is 24.3 Å². The average molecular weight is 337 g/mol. The number of ether oxygens (including phenoxy) is 1. The Bertz CT molecular complexity index is 517. The summed E-state index contributed by atoms with van der Waals surface area (Å²) < 4.78 is 5.51. The van der Waals surface area contributed by atoms with Gasteiger partial charge in [-0.15, -0.1) is 0 Å². The van der Waals surface area contributed by atoms with Gasteiger partial charge in [0.2, 0.25) is 0 Å². The number of rotatable bonds is 4. The van der Waals surface area contributed by atoms with E-state index in [9.17, 15) is 4.79 Å². The van der Waals surface area contributed by atoms with E-state index in [-0.39, 0.29) is 5.97 Å². The molecule has 1 aromatic carbocycles. The summed E-state index contributed by atoms with van der Waals surface area (Å²) in [4.78, 5) is 12.3. The van der Waals surface area contributed by atoms with Gasteiger partial charge in [0, 0.05) is 16.1 Å². The molecule has 0 spiro atoms. The summed E-state index contributed by atoms with van der Waals surface area (Å²) in [7, 11) is -2.72. The third-order valence-electron chi connectivity index (χ3n) is 3.59. The number of carbonyl (C=O) groups excluding carboxylic acids is 1. The molecular formula is C18H32O2Si2. The van der Waals surface area contributed by atoms with Crippen LogP contribution in [0, 0.1) is 0 Å². The zero-order valence-corrected chi connectivity index (χ0v) is 17.7. The number of benzene rings is 1. The number of hydrogen-bond acceptors (Lipinski definition) is 2. The molecule has 0 aliphatic heterocycles. The normalized spacial score (nSPS) is 13.4. The summed E-state index contributed by atoms with van der Waals surface area (Å²) in [5.74, 6) is -0.223. The van der Waals surface area contributed by atoms with Crippen LogP contribution in [0.2, 0.25) is 39.3 Å². The van der Waals surface area contributed by atoms with E-state index in [1.54, 1.807) is 0 Å². The van der Waals surface area contributed by atoms with Gasteiger partial charge in [-0.05, 0) is 43.6 Å². The molecule has 0 bridgehead atoms. The van der Waals surface area contributed by atoms with Crippen LogP contribution in [0.4, 0.5) is 0 Å². The molecule has 22 heavy (non-hydrogen) atoms. The number of carbonyl (C=O) groups is 1. The van der Waals surface area contributed by atoms with E-state index in [1.807, 2.05) is 32.9 Å². The standard InChI is InChI=1S/C18H32O2Si2/c1-18(2,3)20-16(19)14-11-10-12-15(13-14)17(21(4,5)6)22(7,8)9/h10-13,17H,1-9H3. The maximum Gasteiger partial charge on any atom is 0.338 e. The van der Waals surface area contributed by atoms with Gasteiger partial charge in [0.15, 0.2) is 0 Å². The third kappa shape index (κ3) is 5.39. The SMILES string of the molecule is CC(C)(C)OC(=O)c1cccc(C([Si](C)(C)C)[Si](C)(C)C)c1. The van der Waals surface area contributed by atoms with Crippen LogP contribution in [0.5, 0.6) is 0 Å². The molecule has 0 fully saturated rings. The van der Waals surface area contributed by atoms with Gasteiger partial charge < -0.3 is 4.74 Å². The van der Waals surface area contributed by atoms with Gasteiger partial charge in [0.1, 0.15) is 5.60 Å². The van der Waals surface area contributed by atoms with Crippen molar-refractivity contribution in [3.05, 3.63) is 35.4 Å². The van der Waals surface area contributed by atoms with Crippen molar-refractivity contribution in [3.63, 3.8) is 0 Å². The van der Waals surface area contributed by atoms with E-state index in [4.69, 9.17) is 4.74 Å². The highest BCUT2D eigenvalue weighted by atomic mass is 28.4. The first kappa shape index (κ1) is 19.2. The van der Waals surface area contributed by atoms with Gasteiger partial charge in [0.25, 0.3) is 0 Å². The highest BCUT2D eigenvalue weighted by Crippen LogP contribution is 2.36. The summed E-state index contributed by atoms with van der Waals surface area (Å²) in [5, 5.41) is 0.627. The molecule has 0 aromatic heterocycles. The average Bonchev–Trinajstić information content (AvgIpc) is 2.22. The van der Waals surface area contributed by atoms with Gasteiger partial charge in [-0.2, -0.15) is 0 Å². The van der Waals surface area contributed by atoms with Crippen LogP contribution >= 0.6 is 0 Å². The Balaban J connectivity index is 3.22. The van der Waals surface area contributed by atoms with Crippen LogP contribution in [0.3, 0.4) is 0 Å². The fourth-order valence-electron chi connectivity index (χ4n) is 3.48. The zero-order valence-electron chi connectivity index (χ0n) is 15.7. The number of esters is 1. The Kier molecular flexibility index (Phi) is 5.51. The Morgan fingerprint density at radius 1 is 1.00 bits per heavy atom. The molecule has 1 rings (SSSR count). The topological polar surface area (TPSA) is 26.3 Å². The van der Waals surface area contributed by atoms with Crippen LogP contribution in [0.25, 0.3) is 0 Å². The minimum Gasteiger partial charge on any atom is -0.456 e. The minimum atomic E-state index is -1.36. The molecule has 0 radical (unpaired) electrons. The summed E-state index contributed by atoms with van der Waals surface area (Å²) in [5.41, 5.74) is 1.54. The predicted octanol–water partition coefficient (Wildman–Crippen LogP) is 5.48. The van der Waals surface area contributed by atoms with Gasteiger partial charge >= 0.3 is 5.97 Å². The minimum absolute atomic E-state index is 0.223. The molecule has 0 aliphatic carbocycles. The van der Waals surface area contributed by atoms with Crippen molar-refractivity contribution in [2.45, 2.75) is 70.8 Å². The molecule has 0 N–H and O–H groups in total. The van der Waals surface area contributed by atoms with Crippen molar-refractivity contribution >= 4 is 22.1 Å². The largest absolute Gasteiger partial charge is 0.456 e. The molecule has 0 atom stereocenters. The van der Waals surface area contributed by atoms with Crippen LogP contribution < -0.4 is 0 Å². The van der Waals surface area contributed by atoms with E-state index in [2.05, 4.69) is 51.4 Å². The van der Waals surface area contributed by atoms with Gasteiger partial charge in [-0.1, -0.05) is 51.4 Å². The fraction of sp³-hybridized carbons (Fsp3) is 0.611. The lowest BCUT2D eigenvalue weighted by Gasteiger charge is -2.39. The van der Waals surface area contributed by atoms with Crippen LogP contribution in [-0.4, -0.2) is 27.7 Å². The van der Waals surface area contributed by atoms with Crippen molar-refractivity contribution in [2.75, 3.05) is 0 Å². The van der Waals surface area contributed by atoms with E-state index in [0.717, 1.165) is 0 Å². The quantitative estimate of drug-likeness (QED) is 0.537. The molecular weight excluding hydrogens is 304 g/mol. The summed E-state index contributed by atoms with van der Waals surface area (Å²) in [6.45, 7) is 20.3.